The Morgan fingerprint density at radius 1 is 1.23 bits per heavy atom. The first-order chi connectivity index (χ1) is 14.5. The maximum Gasteiger partial charge on any atom is 0.254 e. The average molecular weight is 406 g/mol. The summed E-state index contributed by atoms with van der Waals surface area (Å²) in [6.07, 6.45) is 8.30. The van der Waals surface area contributed by atoms with Crippen molar-refractivity contribution in [2.75, 3.05) is 7.05 Å². The molecule has 0 saturated heterocycles. The van der Waals surface area contributed by atoms with Crippen molar-refractivity contribution in [2.24, 2.45) is 10.7 Å². The van der Waals surface area contributed by atoms with Crippen molar-refractivity contribution in [3.8, 4) is 0 Å². The van der Waals surface area contributed by atoms with Gasteiger partial charge in [-0.05, 0) is 60.2 Å². The highest BCUT2D eigenvalue weighted by molar-refractivity contribution is 5.99. The molecule has 1 fully saturated rings. The molecule has 4 rings (SSSR count). The van der Waals surface area contributed by atoms with Crippen LogP contribution in [0.1, 0.15) is 63.9 Å². The van der Waals surface area contributed by atoms with Crippen LogP contribution < -0.4 is 5.73 Å². The van der Waals surface area contributed by atoms with E-state index >= 15 is 0 Å². The molecule has 0 bridgehead atoms. The number of allylic oxidation sites excluding steroid dienone is 1. The SMILES string of the molecule is CN=CC=C(N)c1ccc(Cc2cc3c(cc2C)CN(C2CCCC2)C3=O)c(F)c1. The third-order valence-corrected chi connectivity index (χ3v) is 6.33. The highest BCUT2D eigenvalue weighted by Gasteiger charge is 2.34. The van der Waals surface area contributed by atoms with Crippen LogP contribution in [-0.4, -0.2) is 30.1 Å². The van der Waals surface area contributed by atoms with Gasteiger partial charge in [0.15, 0.2) is 0 Å². The van der Waals surface area contributed by atoms with E-state index in [2.05, 4.69) is 11.1 Å². The zero-order valence-electron chi connectivity index (χ0n) is 17.6. The van der Waals surface area contributed by atoms with Gasteiger partial charge >= 0.3 is 0 Å². The number of aryl methyl sites for hydroxylation is 1. The fourth-order valence-corrected chi connectivity index (χ4v) is 4.58. The van der Waals surface area contributed by atoms with Crippen molar-refractivity contribution in [1.29, 1.82) is 0 Å². The van der Waals surface area contributed by atoms with E-state index in [9.17, 15) is 9.18 Å². The zero-order chi connectivity index (χ0) is 21.3. The molecule has 0 radical (unpaired) electrons. The Balaban J connectivity index is 1.57. The molecule has 1 saturated carbocycles. The van der Waals surface area contributed by atoms with E-state index in [-0.39, 0.29) is 11.7 Å². The predicted octanol–water partition coefficient (Wildman–Crippen LogP) is 4.62. The minimum atomic E-state index is -0.295. The van der Waals surface area contributed by atoms with Gasteiger partial charge in [-0.1, -0.05) is 31.0 Å². The summed E-state index contributed by atoms with van der Waals surface area (Å²) in [5, 5.41) is 0. The van der Waals surface area contributed by atoms with Crippen molar-refractivity contribution >= 4 is 17.8 Å². The van der Waals surface area contributed by atoms with Crippen LogP contribution in [0.5, 0.6) is 0 Å². The summed E-state index contributed by atoms with van der Waals surface area (Å²) in [6.45, 7) is 2.74. The molecule has 2 aromatic rings. The van der Waals surface area contributed by atoms with Crippen LogP contribution in [0.15, 0.2) is 41.4 Å². The first-order valence-corrected chi connectivity index (χ1v) is 10.6. The normalized spacial score (nSPS) is 17.4. The third kappa shape index (κ3) is 3.89. The Bertz CT molecular complexity index is 1030. The van der Waals surface area contributed by atoms with Crippen LogP contribution in [0, 0.1) is 12.7 Å². The minimum Gasteiger partial charge on any atom is -0.398 e. The second-order valence-electron chi connectivity index (χ2n) is 8.32. The maximum absolute atomic E-state index is 14.8. The number of amides is 1. The Morgan fingerprint density at radius 2 is 2.00 bits per heavy atom. The van der Waals surface area contributed by atoms with Gasteiger partial charge in [-0.3, -0.25) is 9.79 Å². The number of hydrogen-bond acceptors (Lipinski definition) is 3. The molecule has 0 spiro atoms. The van der Waals surface area contributed by atoms with Crippen LogP contribution in [0.2, 0.25) is 0 Å². The third-order valence-electron chi connectivity index (χ3n) is 6.33. The lowest BCUT2D eigenvalue weighted by molar-refractivity contribution is 0.0707. The topological polar surface area (TPSA) is 58.7 Å². The molecule has 4 nitrogen and oxygen atoms in total. The Morgan fingerprint density at radius 3 is 2.70 bits per heavy atom. The number of carbonyl (C=O) groups excluding carboxylic acids is 1. The summed E-state index contributed by atoms with van der Waals surface area (Å²) in [6, 6.07) is 9.50. The van der Waals surface area contributed by atoms with E-state index in [1.165, 1.54) is 18.9 Å². The molecule has 0 aromatic heterocycles. The summed E-state index contributed by atoms with van der Waals surface area (Å²) in [5.74, 6) is -0.166. The number of carbonyl (C=O) groups is 1. The summed E-state index contributed by atoms with van der Waals surface area (Å²) < 4.78 is 14.8. The van der Waals surface area contributed by atoms with Gasteiger partial charge in [-0.2, -0.15) is 0 Å². The van der Waals surface area contributed by atoms with Crippen molar-refractivity contribution in [2.45, 2.75) is 51.6 Å². The standard InChI is InChI=1S/C25H28FN3O/c1-16-11-20-15-29(21-5-3-4-6-21)25(30)22(20)13-19(16)12-17-7-8-18(14-23(17)26)24(27)9-10-28-2/h7-11,13-14,21H,3-6,12,15,27H2,1-2H3. The Kier molecular flexibility index (Phi) is 5.71. The van der Waals surface area contributed by atoms with Crippen LogP contribution in [0.25, 0.3) is 5.70 Å². The van der Waals surface area contributed by atoms with Crippen LogP contribution in [-0.2, 0) is 13.0 Å². The molecule has 0 atom stereocenters. The van der Waals surface area contributed by atoms with E-state index in [0.29, 0.717) is 35.8 Å². The largest absolute Gasteiger partial charge is 0.398 e. The van der Waals surface area contributed by atoms with E-state index in [4.69, 9.17) is 5.73 Å². The van der Waals surface area contributed by atoms with Crippen LogP contribution >= 0.6 is 0 Å². The summed E-state index contributed by atoms with van der Waals surface area (Å²) in [7, 11) is 1.66. The molecule has 1 heterocycles. The molecule has 2 aliphatic rings. The van der Waals surface area contributed by atoms with E-state index < -0.39 is 0 Å². The van der Waals surface area contributed by atoms with Crippen molar-refractivity contribution < 1.29 is 9.18 Å². The van der Waals surface area contributed by atoms with Crippen molar-refractivity contribution in [1.82, 2.24) is 4.90 Å². The number of fused-ring (bicyclic) bond motifs is 1. The van der Waals surface area contributed by atoms with Crippen molar-refractivity contribution in [3.05, 3.63) is 75.6 Å². The molecule has 1 aliphatic heterocycles. The second kappa shape index (κ2) is 8.42. The van der Waals surface area contributed by atoms with E-state index in [1.54, 1.807) is 25.4 Å². The second-order valence-corrected chi connectivity index (χ2v) is 8.32. The average Bonchev–Trinajstić information content (AvgIpc) is 3.36. The minimum absolute atomic E-state index is 0.129. The molecule has 1 amide bonds. The highest BCUT2D eigenvalue weighted by atomic mass is 19.1. The number of hydrogen-bond donors (Lipinski definition) is 1. The van der Waals surface area contributed by atoms with Gasteiger partial charge in [-0.25, -0.2) is 4.39 Å². The lowest BCUT2D eigenvalue weighted by atomic mass is 9.95. The van der Waals surface area contributed by atoms with Gasteiger partial charge < -0.3 is 10.6 Å². The monoisotopic (exact) mass is 405 g/mol. The molecule has 5 heteroatoms. The van der Waals surface area contributed by atoms with Crippen LogP contribution in [0.4, 0.5) is 4.39 Å². The fraction of sp³-hybridized carbons (Fsp3) is 0.360. The number of nitrogens with two attached hydrogens (primary N) is 1. The number of aliphatic imine (C=N–C) groups is 1. The highest BCUT2D eigenvalue weighted by Crippen LogP contribution is 2.33. The lowest BCUT2D eigenvalue weighted by Gasteiger charge is -2.23. The Labute approximate surface area is 177 Å². The van der Waals surface area contributed by atoms with Gasteiger partial charge in [0.05, 0.1) is 0 Å². The molecule has 1 aliphatic carbocycles. The van der Waals surface area contributed by atoms with E-state index in [1.807, 2.05) is 24.0 Å². The molecule has 30 heavy (non-hydrogen) atoms. The van der Waals surface area contributed by atoms with Gasteiger partial charge in [0.25, 0.3) is 5.91 Å². The number of nitrogens with zero attached hydrogens (tertiary/aromatic N) is 2. The molecular formula is C25H28FN3O. The predicted molar refractivity (Wildman–Crippen MR) is 119 cm³/mol. The first-order valence-electron chi connectivity index (χ1n) is 10.6. The molecule has 2 aromatic carbocycles. The summed E-state index contributed by atoms with van der Waals surface area (Å²) in [4.78, 5) is 18.9. The fourth-order valence-electron chi connectivity index (χ4n) is 4.58. The summed E-state index contributed by atoms with van der Waals surface area (Å²) >= 11 is 0. The molecule has 0 unspecified atom stereocenters. The van der Waals surface area contributed by atoms with E-state index in [0.717, 1.165) is 35.1 Å². The van der Waals surface area contributed by atoms with Gasteiger partial charge in [0, 0.05) is 49.1 Å². The number of rotatable bonds is 5. The molecule has 156 valence electrons. The van der Waals surface area contributed by atoms with Gasteiger partial charge in [-0.15, -0.1) is 0 Å². The maximum atomic E-state index is 14.8. The zero-order valence-corrected chi connectivity index (χ0v) is 17.6. The Hall–Kier alpha value is -2.95. The van der Waals surface area contributed by atoms with Gasteiger partial charge in [0.1, 0.15) is 5.82 Å². The smallest absolute Gasteiger partial charge is 0.254 e. The first kappa shape index (κ1) is 20.3. The number of benzene rings is 2. The quantitative estimate of drug-likeness (QED) is 0.738. The van der Waals surface area contributed by atoms with Gasteiger partial charge in [0.2, 0.25) is 0 Å². The molecule has 2 N–H and O–H groups in total. The molecular weight excluding hydrogens is 377 g/mol. The van der Waals surface area contributed by atoms with Crippen molar-refractivity contribution in [3.63, 3.8) is 0 Å². The number of halogens is 1. The summed E-state index contributed by atoms with van der Waals surface area (Å²) in [5.41, 5.74) is 11.6. The van der Waals surface area contributed by atoms with Crippen LogP contribution in [0.3, 0.4) is 0 Å². The lowest BCUT2D eigenvalue weighted by Crippen LogP contribution is -2.33.